The highest BCUT2D eigenvalue weighted by Gasteiger charge is 2.29. The third-order valence-electron chi connectivity index (χ3n) is 2.33. The Balaban J connectivity index is 2.55. The van der Waals surface area contributed by atoms with E-state index in [1.165, 1.54) is 31.4 Å². The van der Waals surface area contributed by atoms with Crippen molar-refractivity contribution in [3.63, 3.8) is 0 Å². The van der Waals surface area contributed by atoms with Gasteiger partial charge in [0.2, 0.25) is 5.91 Å². The monoisotopic (exact) mass is 308 g/mol. The van der Waals surface area contributed by atoms with Crippen molar-refractivity contribution < 1.29 is 22.7 Å². The minimum absolute atomic E-state index is 0.0548. The van der Waals surface area contributed by atoms with Gasteiger partial charge in [0.1, 0.15) is 0 Å². The highest BCUT2D eigenvalue weighted by molar-refractivity contribution is 8.00. The van der Waals surface area contributed by atoms with Crippen LogP contribution in [-0.4, -0.2) is 31.2 Å². The number of rotatable bonds is 6. The van der Waals surface area contributed by atoms with Gasteiger partial charge in [0.25, 0.3) is 0 Å². The molecule has 0 saturated heterocycles. The van der Waals surface area contributed by atoms with Crippen LogP contribution >= 0.6 is 11.8 Å². The molecule has 0 radical (unpaired) electrons. The molecule has 4 nitrogen and oxygen atoms in total. The predicted molar refractivity (Wildman–Crippen MR) is 71.5 cm³/mol. The largest absolute Gasteiger partial charge is 0.446 e. The molecule has 1 atom stereocenters. The molecule has 20 heavy (non-hydrogen) atoms. The third kappa shape index (κ3) is 6.27. The highest BCUT2D eigenvalue weighted by Crippen LogP contribution is 2.36. The third-order valence-corrected chi connectivity index (χ3v) is 3.06. The summed E-state index contributed by atoms with van der Waals surface area (Å²) in [5.74, 6) is -0.404. The summed E-state index contributed by atoms with van der Waals surface area (Å²) in [6, 6.07) is 4.64. The average Bonchev–Trinajstić information content (AvgIpc) is 2.36. The molecule has 1 aromatic rings. The Morgan fingerprint density at radius 2 is 2.00 bits per heavy atom. The van der Waals surface area contributed by atoms with E-state index < -0.39 is 17.5 Å². The minimum Gasteiger partial charge on any atom is -0.385 e. The van der Waals surface area contributed by atoms with Crippen molar-refractivity contribution in [1.29, 1.82) is 0 Å². The molecule has 8 heteroatoms. The first-order valence-electron chi connectivity index (χ1n) is 5.73. The molecule has 0 aromatic heterocycles. The summed E-state index contributed by atoms with van der Waals surface area (Å²) >= 11 is -0.208. The van der Waals surface area contributed by atoms with Crippen molar-refractivity contribution in [3.05, 3.63) is 24.3 Å². The zero-order chi connectivity index (χ0) is 15.2. The zero-order valence-corrected chi connectivity index (χ0v) is 11.6. The van der Waals surface area contributed by atoms with Gasteiger partial charge in [-0.3, -0.25) is 4.79 Å². The number of carbonyl (C=O) groups excluding carboxylic acids is 1. The fourth-order valence-electron chi connectivity index (χ4n) is 1.35. The number of nitrogens with two attached hydrogens (primary N) is 1. The van der Waals surface area contributed by atoms with Crippen LogP contribution < -0.4 is 11.1 Å². The maximum Gasteiger partial charge on any atom is 0.446 e. The SMILES string of the molecule is COCCC(N)C(=O)Nc1ccc(SC(F)(F)F)cc1. The van der Waals surface area contributed by atoms with E-state index in [4.69, 9.17) is 10.5 Å². The van der Waals surface area contributed by atoms with Gasteiger partial charge in [0, 0.05) is 24.3 Å². The van der Waals surface area contributed by atoms with Gasteiger partial charge in [0.15, 0.2) is 0 Å². The molecule has 0 aliphatic rings. The molecule has 0 aliphatic carbocycles. The van der Waals surface area contributed by atoms with Crippen LogP contribution in [0.3, 0.4) is 0 Å². The summed E-state index contributed by atoms with van der Waals surface area (Å²) in [4.78, 5) is 11.7. The lowest BCUT2D eigenvalue weighted by atomic mass is 10.2. The summed E-state index contributed by atoms with van der Waals surface area (Å²) in [6.45, 7) is 0.357. The smallest absolute Gasteiger partial charge is 0.385 e. The predicted octanol–water partition coefficient (Wildman–Crippen LogP) is 2.60. The van der Waals surface area contributed by atoms with Gasteiger partial charge in [-0.15, -0.1) is 0 Å². The number of hydrogen-bond acceptors (Lipinski definition) is 4. The number of halogens is 3. The van der Waals surface area contributed by atoms with Crippen molar-refractivity contribution in [1.82, 2.24) is 0 Å². The van der Waals surface area contributed by atoms with E-state index in [1.54, 1.807) is 0 Å². The van der Waals surface area contributed by atoms with E-state index in [2.05, 4.69) is 5.32 Å². The first-order valence-corrected chi connectivity index (χ1v) is 6.54. The van der Waals surface area contributed by atoms with Crippen LogP contribution in [0.15, 0.2) is 29.2 Å². The van der Waals surface area contributed by atoms with Crippen molar-refractivity contribution >= 4 is 23.4 Å². The Hall–Kier alpha value is -1.25. The number of amides is 1. The molecule has 0 aliphatic heterocycles. The van der Waals surface area contributed by atoms with E-state index in [1.807, 2.05) is 0 Å². The second kappa shape index (κ2) is 7.51. The van der Waals surface area contributed by atoms with Crippen LogP contribution in [0.4, 0.5) is 18.9 Å². The molecule has 0 bridgehead atoms. The standard InChI is InChI=1S/C12H15F3N2O2S/c1-19-7-6-10(16)11(18)17-8-2-4-9(5-3-8)20-12(13,14)15/h2-5,10H,6-7,16H2,1H3,(H,17,18). The number of nitrogens with one attached hydrogen (secondary N) is 1. The number of benzene rings is 1. The molecular formula is C12H15F3N2O2S. The quantitative estimate of drug-likeness (QED) is 0.793. The van der Waals surface area contributed by atoms with Crippen molar-refractivity contribution in [3.8, 4) is 0 Å². The second-order valence-electron chi connectivity index (χ2n) is 3.95. The lowest BCUT2D eigenvalue weighted by Crippen LogP contribution is -2.36. The number of carbonyl (C=O) groups is 1. The summed E-state index contributed by atoms with van der Waals surface area (Å²) in [6.07, 6.45) is 0.365. The van der Waals surface area contributed by atoms with Crippen molar-refractivity contribution in [2.45, 2.75) is 22.9 Å². The Morgan fingerprint density at radius 1 is 1.40 bits per heavy atom. The Bertz CT molecular complexity index is 437. The molecule has 112 valence electrons. The average molecular weight is 308 g/mol. The number of alkyl halides is 3. The molecule has 0 heterocycles. The molecular weight excluding hydrogens is 293 g/mol. The molecule has 0 saturated carbocycles. The summed E-state index contributed by atoms with van der Waals surface area (Å²) < 4.78 is 41.2. The molecule has 0 fully saturated rings. The van der Waals surface area contributed by atoms with Crippen LogP contribution in [0.1, 0.15) is 6.42 Å². The molecule has 1 unspecified atom stereocenters. The van der Waals surface area contributed by atoms with Crippen LogP contribution in [0.2, 0.25) is 0 Å². The Kier molecular flexibility index (Phi) is 6.31. The van der Waals surface area contributed by atoms with E-state index >= 15 is 0 Å². The summed E-state index contributed by atoms with van der Waals surface area (Å²) in [5, 5.41) is 2.53. The summed E-state index contributed by atoms with van der Waals surface area (Å²) in [7, 11) is 1.50. The van der Waals surface area contributed by atoms with Gasteiger partial charge >= 0.3 is 5.51 Å². The number of thioether (sulfide) groups is 1. The van der Waals surface area contributed by atoms with Gasteiger partial charge in [-0.25, -0.2) is 0 Å². The Morgan fingerprint density at radius 3 is 2.50 bits per heavy atom. The van der Waals surface area contributed by atoms with E-state index in [0.29, 0.717) is 18.7 Å². The maximum absolute atomic E-state index is 12.1. The topological polar surface area (TPSA) is 64.3 Å². The number of hydrogen-bond donors (Lipinski definition) is 2. The lowest BCUT2D eigenvalue weighted by molar-refractivity contribution is -0.117. The van der Waals surface area contributed by atoms with Crippen LogP contribution in [-0.2, 0) is 9.53 Å². The molecule has 1 rings (SSSR count). The fourth-order valence-corrected chi connectivity index (χ4v) is 1.89. The van der Waals surface area contributed by atoms with Gasteiger partial charge in [-0.1, -0.05) is 0 Å². The van der Waals surface area contributed by atoms with Crippen molar-refractivity contribution in [2.75, 3.05) is 19.0 Å². The van der Waals surface area contributed by atoms with E-state index in [0.717, 1.165) is 0 Å². The normalized spacial score (nSPS) is 13.1. The minimum atomic E-state index is -4.33. The van der Waals surface area contributed by atoms with Crippen LogP contribution in [0, 0.1) is 0 Å². The number of anilines is 1. The summed E-state index contributed by atoms with van der Waals surface area (Å²) in [5.41, 5.74) is 1.69. The first-order chi connectivity index (χ1) is 9.31. The molecule has 1 amide bonds. The Labute approximate surface area is 118 Å². The second-order valence-corrected chi connectivity index (χ2v) is 5.09. The maximum atomic E-state index is 12.1. The number of methoxy groups -OCH3 is 1. The van der Waals surface area contributed by atoms with E-state index in [9.17, 15) is 18.0 Å². The first kappa shape index (κ1) is 16.8. The van der Waals surface area contributed by atoms with Gasteiger partial charge in [-0.2, -0.15) is 13.2 Å². The molecule has 3 N–H and O–H groups in total. The van der Waals surface area contributed by atoms with E-state index in [-0.39, 0.29) is 16.7 Å². The van der Waals surface area contributed by atoms with Gasteiger partial charge in [0.05, 0.1) is 6.04 Å². The van der Waals surface area contributed by atoms with Gasteiger partial charge < -0.3 is 15.8 Å². The zero-order valence-electron chi connectivity index (χ0n) is 10.7. The lowest BCUT2D eigenvalue weighted by Gasteiger charge is -2.12. The van der Waals surface area contributed by atoms with Crippen molar-refractivity contribution in [2.24, 2.45) is 5.73 Å². The fraction of sp³-hybridized carbons (Fsp3) is 0.417. The molecule has 0 spiro atoms. The van der Waals surface area contributed by atoms with Crippen LogP contribution in [0.25, 0.3) is 0 Å². The van der Waals surface area contributed by atoms with Gasteiger partial charge in [-0.05, 0) is 42.4 Å². The van der Waals surface area contributed by atoms with Crippen LogP contribution in [0.5, 0.6) is 0 Å². The number of ether oxygens (including phenoxy) is 1. The highest BCUT2D eigenvalue weighted by atomic mass is 32.2. The molecule has 1 aromatic carbocycles.